The molecule has 0 aliphatic heterocycles. The van der Waals surface area contributed by atoms with Gasteiger partial charge in [0.05, 0.1) is 17.1 Å². The van der Waals surface area contributed by atoms with Crippen molar-refractivity contribution in [1.29, 1.82) is 0 Å². The lowest BCUT2D eigenvalue weighted by atomic mass is 10.2. The van der Waals surface area contributed by atoms with Crippen LogP contribution in [-0.2, 0) is 52.7 Å². The van der Waals surface area contributed by atoms with Crippen molar-refractivity contribution in [3.8, 4) is 0 Å². The van der Waals surface area contributed by atoms with Gasteiger partial charge >= 0.3 is 0 Å². The minimum absolute atomic E-state index is 0.00633. The third-order valence-corrected chi connectivity index (χ3v) is 9.16. The van der Waals surface area contributed by atoms with Crippen molar-refractivity contribution in [2.75, 3.05) is 17.8 Å². The zero-order valence-corrected chi connectivity index (χ0v) is 20.6. The lowest BCUT2D eigenvalue weighted by Crippen LogP contribution is -2.33. The van der Waals surface area contributed by atoms with Crippen molar-refractivity contribution in [1.82, 2.24) is 0 Å². The van der Waals surface area contributed by atoms with Crippen LogP contribution >= 0.6 is 0 Å². The molecule has 0 aliphatic rings. The van der Waals surface area contributed by atoms with Crippen LogP contribution in [0.15, 0.2) is 0 Å². The number of rotatable bonds is 13. The standard InChI is InChI=1S/C14H30O11S4/c1-12(26(6,15)16)23-27(17,18)10-8-7-9-11-28(19,20)24-13(2)29(21,22)25-14(3,4)5/h12-13H,7-11H2,1-6H3. The Labute approximate surface area is 174 Å². The van der Waals surface area contributed by atoms with Gasteiger partial charge in [0.15, 0.2) is 20.7 Å². The van der Waals surface area contributed by atoms with Gasteiger partial charge in [0.1, 0.15) is 0 Å². The van der Waals surface area contributed by atoms with E-state index in [0.29, 0.717) is 0 Å². The second kappa shape index (κ2) is 10.3. The van der Waals surface area contributed by atoms with E-state index in [1.807, 2.05) is 0 Å². The molecule has 0 spiro atoms. The van der Waals surface area contributed by atoms with E-state index in [-0.39, 0.29) is 19.3 Å². The fourth-order valence-electron chi connectivity index (χ4n) is 1.78. The van der Waals surface area contributed by atoms with Gasteiger partial charge in [0.2, 0.25) is 0 Å². The topological polar surface area (TPSA) is 164 Å². The molecule has 0 bridgehead atoms. The van der Waals surface area contributed by atoms with Crippen LogP contribution in [0, 0.1) is 0 Å². The number of unbranched alkanes of at least 4 members (excludes halogenated alkanes) is 2. The van der Waals surface area contributed by atoms with Gasteiger partial charge in [0, 0.05) is 6.26 Å². The van der Waals surface area contributed by atoms with Gasteiger partial charge < -0.3 is 0 Å². The summed E-state index contributed by atoms with van der Waals surface area (Å²) in [6, 6.07) is 0. The van der Waals surface area contributed by atoms with Crippen molar-refractivity contribution in [2.45, 2.75) is 70.4 Å². The molecule has 0 aliphatic carbocycles. The minimum atomic E-state index is -4.28. The van der Waals surface area contributed by atoms with E-state index in [1.165, 1.54) is 20.8 Å². The summed E-state index contributed by atoms with van der Waals surface area (Å²) in [5.41, 5.74) is -4.31. The zero-order valence-electron chi connectivity index (χ0n) is 17.3. The summed E-state index contributed by atoms with van der Waals surface area (Å²) >= 11 is 0. The van der Waals surface area contributed by atoms with Crippen molar-refractivity contribution < 1.29 is 46.2 Å². The molecule has 0 aromatic carbocycles. The fraction of sp³-hybridized carbons (Fsp3) is 1.00. The van der Waals surface area contributed by atoms with Crippen molar-refractivity contribution >= 4 is 40.2 Å². The Morgan fingerprint density at radius 3 is 1.41 bits per heavy atom. The molecule has 0 rings (SSSR count). The molecule has 176 valence electrons. The smallest absolute Gasteiger partial charge is 0.262 e. The molecule has 0 aromatic heterocycles. The van der Waals surface area contributed by atoms with E-state index in [4.69, 9.17) is 4.18 Å². The van der Waals surface area contributed by atoms with Gasteiger partial charge in [-0.05, 0) is 47.5 Å². The first-order valence-corrected chi connectivity index (χ1v) is 15.2. The van der Waals surface area contributed by atoms with Crippen LogP contribution in [0.4, 0.5) is 0 Å². The van der Waals surface area contributed by atoms with Crippen molar-refractivity contribution in [3.63, 3.8) is 0 Å². The summed E-state index contributed by atoms with van der Waals surface area (Å²) < 4.78 is 108. The highest BCUT2D eigenvalue weighted by molar-refractivity contribution is 7.92. The van der Waals surface area contributed by atoms with E-state index in [2.05, 4.69) is 8.37 Å². The average Bonchev–Trinajstić information content (AvgIpc) is 2.41. The molecular weight excluding hydrogens is 472 g/mol. The largest absolute Gasteiger partial charge is 0.296 e. The highest BCUT2D eigenvalue weighted by Crippen LogP contribution is 2.18. The quantitative estimate of drug-likeness (QED) is 0.257. The molecule has 29 heavy (non-hydrogen) atoms. The van der Waals surface area contributed by atoms with Crippen molar-refractivity contribution in [2.24, 2.45) is 0 Å². The second-order valence-electron chi connectivity index (χ2n) is 7.43. The Kier molecular flexibility index (Phi) is 10.2. The summed E-state index contributed by atoms with van der Waals surface area (Å²) in [6.45, 7) is 6.58. The van der Waals surface area contributed by atoms with Gasteiger partial charge in [0.25, 0.3) is 30.4 Å². The third kappa shape index (κ3) is 12.9. The highest BCUT2D eigenvalue weighted by Gasteiger charge is 2.32. The summed E-state index contributed by atoms with van der Waals surface area (Å²) in [6.07, 6.45) is 1.02. The first-order chi connectivity index (χ1) is 12.7. The molecule has 2 atom stereocenters. The summed E-state index contributed by atoms with van der Waals surface area (Å²) in [7, 11) is -16.2. The first kappa shape index (κ1) is 28.7. The first-order valence-electron chi connectivity index (χ1n) is 8.62. The molecule has 2 unspecified atom stereocenters. The van der Waals surface area contributed by atoms with E-state index >= 15 is 0 Å². The lowest BCUT2D eigenvalue weighted by molar-refractivity contribution is 0.125. The van der Waals surface area contributed by atoms with E-state index in [1.54, 1.807) is 0 Å². The number of hydrogen-bond donors (Lipinski definition) is 0. The van der Waals surface area contributed by atoms with E-state index in [0.717, 1.165) is 20.1 Å². The third-order valence-electron chi connectivity index (χ3n) is 3.23. The molecule has 0 radical (unpaired) electrons. The molecular formula is C14H30O11S4. The van der Waals surface area contributed by atoms with Crippen LogP contribution in [0.25, 0.3) is 0 Å². The number of hydrogen-bond acceptors (Lipinski definition) is 11. The zero-order chi connectivity index (χ0) is 23.3. The van der Waals surface area contributed by atoms with Crippen LogP contribution in [0.1, 0.15) is 53.9 Å². The summed E-state index contributed by atoms with van der Waals surface area (Å²) in [4.78, 5) is 0. The summed E-state index contributed by atoms with van der Waals surface area (Å²) in [5, 5.41) is 0. The predicted octanol–water partition coefficient (Wildman–Crippen LogP) is 0.731. The molecule has 0 saturated heterocycles. The van der Waals surface area contributed by atoms with Gasteiger partial charge in [-0.3, -0.25) is 8.37 Å². The molecule has 15 heteroatoms. The van der Waals surface area contributed by atoms with Gasteiger partial charge in [-0.25, -0.2) is 12.6 Å². The normalized spacial score (nSPS) is 16.5. The maximum Gasteiger partial charge on any atom is 0.296 e. The highest BCUT2D eigenvalue weighted by atomic mass is 32.2. The average molecular weight is 503 g/mol. The predicted molar refractivity (Wildman–Crippen MR) is 107 cm³/mol. The monoisotopic (exact) mass is 502 g/mol. The molecule has 0 saturated carbocycles. The molecule has 0 heterocycles. The Bertz CT molecular complexity index is 940. The Morgan fingerprint density at radius 1 is 0.690 bits per heavy atom. The Hall–Kier alpha value is -0.320. The molecule has 0 fully saturated rings. The van der Waals surface area contributed by atoms with Crippen LogP contribution < -0.4 is 0 Å². The molecule has 0 aromatic rings. The van der Waals surface area contributed by atoms with Crippen LogP contribution in [0.2, 0.25) is 0 Å². The molecule has 0 amide bonds. The lowest BCUT2D eigenvalue weighted by Gasteiger charge is -2.22. The summed E-state index contributed by atoms with van der Waals surface area (Å²) in [5.74, 6) is -1.01. The van der Waals surface area contributed by atoms with E-state index < -0.39 is 68.2 Å². The van der Waals surface area contributed by atoms with Crippen LogP contribution in [0.5, 0.6) is 0 Å². The van der Waals surface area contributed by atoms with Crippen molar-refractivity contribution in [3.05, 3.63) is 0 Å². The second-order valence-corrected chi connectivity index (χ2v) is 15.0. The molecule has 11 nitrogen and oxygen atoms in total. The van der Waals surface area contributed by atoms with Gasteiger partial charge in [-0.1, -0.05) is 6.42 Å². The van der Waals surface area contributed by atoms with Crippen LogP contribution in [0.3, 0.4) is 0 Å². The van der Waals surface area contributed by atoms with E-state index in [9.17, 15) is 33.7 Å². The Morgan fingerprint density at radius 2 is 1.07 bits per heavy atom. The fourth-order valence-corrected chi connectivity index (χ4v) is 6.42. The molecule has 0 N–H and O–H groups in total. The SMILES string of the molecule is CC(OS(=O)(=O)CCCCCS(=O)(=O)OC(C)S(=O)(=O)OC(C)(C)C)S(C)(=O)=O. The number of sulfone groups is 1. The minimum Gasteiger partial charge on any atom is -0.262 e. The Balaban J connectivity index is 4.53. The van der Waals surface area contributed by atoms with Crippen LogP contribution in [-0.4, -0.2) is 67.9 Å². The maximum atomic E-state index is 11.9. The van der Waals surface area contributed by atoms with Gasteiger partial charge in [-0.2, -0.15) is 25.3 Å². The maximum absolute atomic E-state index is 11.9. The van der Waals surface area contributed by atoms with Gasteiger partial charge in [-0.15, -0.1) is 0 Å².